The summed E-state index contributed by atoms with van der Waals surface area (Å²) >= 11 is 0. The molecule has 0 bridgehead atoms. The quantitative estimate of drug-likeness (QED) is 0.444. The monoisotopic (exact) mass is 300 g/mol. The maximum Gasteiger partial charge on any atom is 0.229 e. The van der Waals surface area contributed by atoms with Crippen molar-refractivity contribution in [2.45, 2.75) is 37.1 Å². The van der Waals surface area contributed by atoms with E-state index in [4.69, 9.17) is 19.7 Å². The van der Waals surface area contributed by atoms with E-state index in [-0.39, 0.29) is 6.61 Å². The van der Waals surface area contributed by atoms with E-state index in [0.29, 0.717) is 12.2 Å². The lowest BCUT2D eigenvalue weighted by Crippen LogP contribution is -2.60. The first-order valence-electron chi connectivity index (χ1n) is 6.73. The number of aliphatic hydroxyl groups excluding tert-OH is 5. The van der Waals surface area contributed by atoms with Gasteiger partial charge in [0, 0.05) is 6.61 Å². The van der Waals surface area contributed by atoms with E-state index in [1.807, 2.05) is 0 Å². The van der Waals surface area contributed by atoms with Gasteiger partial charge in [-0.15, -0.1) is 0 Å². The third-order valence-electron chi connectivity index (χ3n) is 3.42. The molecule has 1 heterocycles. The maximum atomic E-state index is 9.85. The Kier molecular flexibility index (Phi) is 5.51. The molecule has 0 aliphatic carbocycles. The van der Waals surface area contributed by atoms with Crippen LogP contribution in [0.25, 0.3) is 0 Å². The zero-order valence-corrected chi connectivity index (χ0v) is 11.4. The first-order valence-corrected chi connectivity index (χ1v) is 6.73. The van der Waals surface area contributed by atoms with Crippen molar-refractivity contribution >= 4 is 0 Å². The number of aliphatic hydroxyl groups is 5. The average molecular weight is 300 g/mol. The van der Waals surface area contributed by atoms with E-state index >= 15 is 0 Å². The predicted octanol–water partition coefficient (Wildman–Crippen LogP) is -1.60. The molecule has 1 saturated heterocycles. The van der Waals surface area contributed by atoms with Gasteiger partial charge in [-0.2, -0.15) is 0 Å². The summed E-state index contributed by atoms with van der Waals surface area (Å²) in [6.45, 7) is -0.451. The van der Waals surface area contributed by atoms with Crippen LogP contribution in [0.3, 0.4) is 0 Å². The molecule has 1 aliphatic rings. The van der Waals surface area contributed by atoms with Crippen LogP contribution in [0.5, 0.6) is 5.75 Å². The van der Waals surface area contributed by atoms with Crippen molar-refractivity contribution in [2.75, 3.05) is 13.2 Å². The van der Waals surface area contributed by atoms with Crippen molar-refractivity contribution in [1.82, 2.24) is 0 Å². The minimum atomic E-state index is -1.46. The van der Waals surface area contributed by atoms with E-state index in [0.717, 1.165) is 5.56 Å². The Labute approximate surface area is 122 Å². The second-order valence-corrected chi connectivity index (χ2v) is 4.93. The zero-order valence-electron chi connectivity index (χ0n) is 11.4. The number of rotatable bonds is 5. The van der Waals surface area contributed by atoms with Crippen LogP contribution in [0.4, 0.5) is 0 Å². The second kappa shape index (κ2) is 7.17. The molecule has 5 N–H and O–H groups in total. The average Bonchev–Trinajstić information content (AvgIpc) is 2.50. The third kappa shape index (κ3) is 3.70. The fourth-order valence-electron chi connectivity index (χ4n) is 2.16. The molecule has 118 valence electrons. The van der Waals surface area contributed by atoms with Gasteiger partial charge in [-0.3, -0.25) is 0 Å². The fourth-order valence-corrected chi connectivity index (χ4v) is 2.16. The molecule has 7 nitrogen and oxygen atoms in total. The highest BCUT2D eigenvalue weighted by molar-refractivity contribution is 5.27. The molecule has 7 heteroatoms. The highest BCUT2D eigenvalue weighted by atomic mass is 16.7. The number of benzene rings is 1. The van der Waals surface area contributed by atoms with Crippen LogP contribution in [0, 0.1) is 0 Å². The van der Waals surface area contributed by atoms with Gasteiger partial charge in [0.15, 0.2) is 0 Å². The lowest BCUT2D eigenvalue weighted by Gasteiger charge is -2.39. The Bertz CT molecular complexity index is 433. The Morgan fingerprint density at radius 2 is 1.62 bits per heavy atom. The Morgan fingerprint density at radius 1 is 0.952 bits per heavy atom. The summed E-state index contributed by atoms with van der Waals surface area (Å²) in [5.74, 6) is 0.404. The molecule has 0 aromatic heterocycles. The van der Waals surface area contributed by atoms with Crippen LogP contribution in [0.1, 0.15) is 5.56 Å². The minimum absolute atomic E-state index is 0.0485. The van der Waals surface area contributed by atoms with Crippen molar-refractivity contribution in [3.8, 4) is 5.75 Å². The van der Waals surface area contributed by atoms with E-state index in [1.165, 1.54) is 0 Å². The molecule has 21 heavy (non-hydrogen) atoms. The van der Waals surface area contributed by atoms with Crippen molar-refractivity contribution in [1.29, 1.82) is 0 Å². The fraction of sp³-hybridized carbons (Fsp3) is 0.571. The van der Waals surface area contributed by atoms with Gasteiger partial charge in [0.1, 0.15) is 30.2 Å². The number of hydrogen-bond acceptors (Lipinski definition) is 7. The predicted molar refractivity (Wildman–Crippen MR) is 71.6 cm³/mol. The van der Waals surface area contributed by atoms with Gasteiger partial charge in [0.25, 0.3) is 0 Å². The summed E-state index contributed by atoms with van der Waals surface area (Å²) in [5, 5.41) is 47.1. The zero-order chi connectivity index (χ0) is 15.4. The summed E-state index contributed by atoms with van der Waals surface area (Å²) in [6.07, 6.45) is -5.96. The van der Waals surface area contributed by atoms with Gasteiger partial charge < -0.3 is 35.0 Å². The highest BCUT2D eigenvalue weighted by Gasteiger charge is 2.44. The molecule has 0 spiro atoms. The molecule has 1 aromatic rings. The van der Waals surface area contributed by atoms with Crippen molar-refractivity contribution in [3.05, 3.63) is 29.8 Å². The molecule has 2 rings (SSSR count). The standard InChI is InChI=1S/C14H20O7/c15-6-5-8-1-3-9(4-2-8)20-14-13(19)12(18)11(17)10(7-16)21-14/h1-4,10-19H,5-7H2/t10-,11-,12+,13-,14-/m1/s1. The van der Waals surface area contributed by atoms with Gasteiger partial charge in [-0.25, -0.2) is 0 Å². The Hall–Kier alpha value is -1.22. The molecule has 0 saturated carbocycles. The third-order valence-corrected chi connectivity index (χ3v) is 3.42. The first-order chi connectivity index (χ1) is 10.1. The van der Waals surface area contributed by atoms with Crippen LogP contribution in [-0.4, -0.2) is 69.5 Å². The van der Waals surface area contributed by atoms with E-state index in [9.17, 15) is 15.3 Å². The molecule has 0 radical (unpaired) electrons. The van der Waals surface area contributed by atoms with Crippen LogP contribution in [0.15, 0.2) is 24.3 Å². The lowest BCUT2D eigenvalue weighted by molar-refractivity contribution is -0.277. The highest BCUT2D eigenvalue weighted by Crippen LogP contribution is 2.24. The first kappa shape index (κ1) is 16.2. The summed E-state index contributed by atoms with van der Waals surface area (Å²) in [6, 6.07) is 6.81. The van der Waals surface area contributed by atoms with Gasteiger partial charge in [-0.1, -0.05) is 12.1 Å². The molecule has 1 aliphatic heterocycles. The van der Waals surface area contributed by atoms with Gasteiger partial charge >= 0.3 is 0 Å². The molecule has 0 amide bonds. The Morgan fingerprint density at radius 3 is 2.19 bits per heavy atom. The maximum absolute atomic E-state index is 9.85. The lowest BCUT2D eigenvalue weighted by atomic mass is 9.99. The summed E-state index contributed by atoms with van der Waals surface area (Å²) in [5.41, 5.74) is 0.929. The minimum Gasteiger partial charge on any atom is -0.462 e. The van der Waals surface area contributed by atoms with E-state index in [1.54, 1.807) is 24.3 Å². The SMILES string of the molecule is OCCc1ccc(O[C@@H]2O[C@H](CO)[C@@H](O)[C@H](O)[C@H]2O)cc1. The Balaban J connectivity index is 2.03. The molecule has 1 fully saturated rings. The molecule has 1 aromatic carbocycles. The van der Waals surface area contributed by atoms with Gasteiger partial charge in [-0.05, 0) is 24.1 Å². The van der Waals surface area contributed by atoms with Crippen molar-refractivity contribution in [2.24, 2.45) is 0 Å². The molecular weight excluding hydrogens is 280 g/mol. The van der Waals surface area contributed by atoms with Crippen LogP contribution in [-0.2, 0) is 11.2 Å². The van der Waals surface area contributed by atoms with Gasteiger partial charge in [0.2, 0.25) is 6.29 Å². The second-order valence-electron chi connectivity index (χ2n) is 4.93. The van der Waals surface area contributed by atoms with Crippen LogP contribution < -0.4 is 4.74 Å². The molecule has 5 atom stereocenters. The number of hydrogen-bond donors (Lipinski definition) is 5. The smallest absolute Gasteiger partial charge is 0.229 e. The van der Waals surface area contributed by atoms with Crippen molar-refractivity contribution < 1.29 is 35.0 Å². The summed E-state index contributed by atoms with van der Waals surface area (Å²) < 4.78 is 10.7. The van der Waals surface area contributed by atoms with E-state index < -0.39 is 37.3 Å². The summed E-state index contributed by atoms with van der Waals surface area (Å²) in [4.78, 5) is 0. The summed E-state index contributed by atoms with van der Waals surface area (Å²) in [7, 11) is 0. The van der Waals surface area contributed by atoms with Crippen LogP contribution in [0.2, 0.25) is 0 Å². The molecule has 0 unspecified atom stereocenters. The van der Waals surface area contributed by atoms with Crippen LogP contribution >= 0.6 is 0 Å². The number of ether oxygens (including phenoxy) is 2. The topological polar surface area (TPSA) is 120 Å². The van der Waals surface area contributed by atoms with Crippen molar-refractivity contribution in [3.63, 3.8) is 0 Å². The molecular formula is C14H20O7. The van der Waals surface area contributed by atoms with Gasteiger partial charge in [0.05, 0.1) is 6.61 Å². The largest absolute Gasteiger partial charge is 0.462 e. The van der Waals surface area contributed by atoms with E-state index in [2.05, 4.69) is 0 Å². The normalized spacial score (nSPS) is 32.9.